The van der Waals surface area contributed by atoms with Crippen molar-refractivity contribution in [3.8, 4) is 0 Å². The van der Waals surface area contributed by atoms with Crippen molar-refractivity contribution >= 4 is 12.3 Å². The fourth-order valence-electron chi connectivity index (χ4n) is 5.34. The summed E-state index contributed by atoms with van der Waals surface area (Å²) in [6.45, 7) is 4.41. The van der Waals surface area contributed by atoms with Crippen LogP contribution in [0, 0.1) is 5.92 Å². The summed E-state index contributed by atoms with van der Waals surface area (Å²) in [5, 5.41) is 4.86. The maximum atomic E-state index is 12.9. The molecule has 0 radical (unpaired) electrons. The maximum Gasteiger partial charge on any atom is 0.274 e. The minimum Gasteiger partial charge on any atom is -0.343 e. The zero-order valence-corrected chi connectivity index (χ0v) is 18.0. The van der Waals surface area contributed by atoms with Crippen molar-refractivity contribution in [1.82, 2.24) is 24.5 Å². The van der Waals surface area contributed by atoms with Crippen molar-refractivity contribution in [2.45, 2.75) is 64.0 Å². The number of rotatable bonds is 5. The third-order valence-corrected chi connectivity index (χ3v) is 7.10. The van der Waals surface area contributed by atoms with Crippen LogP contribution in [0.3, 0.4) is 0 Å². The lowest BCUT2D eigenvalue weighted by molar-refractivity contribution is -0.120. The lowest BCUT2D eigenvalue weighted by Gasteiger charge is -2.39. The molecule has 1 saturated carbocycles. The van der Waals surface area contributed by atoms with Crippen LogP contribution in [0.15, 0.2) is 0 Å². The predicted molar refractivity (Wildman–Crippen MR) is 112 cm³/mol. The quantitative estimate of drug-likeness (QED) is 0.706. The highest BCUT2D eigenvalue weighted by Crippen LogP contribution is 2.31. The smallest absolute Gasteiger partial charge is 0.274 e. The fraction of sp³-hybridized carbons (Fsp3) is 0.773. The molecule has 0 unspecified atom stereocenters. The van der Waals surface area contributed by atoms with Crippen molar-refractivity contribution in [3.05, 3.63) is 17.0 Å². The Kier molecular flexibility index (Phi) is 6.23. The van der Waals surface area contributed by atoms with E-state index in [1.165, 1.54) is 43.4 Å². The summed E-state index contributed by atoms with van der Waals surface area (Å²) in [5.41, 5.74) is 3.13. The first kappa shape index (κ1) is 20.4. The van der Waals surface area contributed by atoms with E-state index in [-0.39, 0.29) is 5.91 Å². The summed E-state index contributed by atoms with van der Waals surface area (Å²) < 4.78 is 2.18. The van der Waals surface area contributed by atoms with Gasteiger partial charge >= 0.3 is 0 Å². The zero-order valence-electron chi connectivity index (χ0n) is 18.0. The summed E-state index contributed by atoms with van der Waals surface area (Å²) in [6, 6.07) is 0.442. The number of aromatic nitrogens is 2. The van der Waals surface area contributed by atoms with Crippen molar-refractivity contribution in [3.63, 3.8) is 0 Å². The molecule has 0 N–H and O–H groups in total. The molecule has 0 aromatic carbocycles. The number of nitrogens with zero attached hydrogens (tertiary/aromatic N) is 5. The van der Waals surface area contributed by atoms with Crippen LogP contribution in [0.2, 0.25) is 0 Å². The summed E-state index contributed by atoms with van der Waals surface area (Å²) in [4.78, 5) is 29.9. The first-order chi connectivity index (χ1) is 14.1. The van der Waals surface area contributed by atoms with Crippen LogP contribution < -0.4 is 0 Å². The molecule has 4 rings (SSSR count). The Bertz CT molecular complexity index is 730. The first-order valence-electron chi connectivity index (χ1n) is 11.3. The number of amides is 2. The molecule has 2 amide bonds. The normalized spacial score (nSPS) is 23.7. The molecule has 7 heteroatoms. The monoisotopic (exact) mass is 401 g/mol. The van der Waals surface area contributed by atoms with Crippen LogP contribution >= 0.6 is 0 Å². The molecule has 1 aromatic heterocycles. The average molecular weight is 402 g/mol. The van der Waals surface area contributed by atoms with Gasteiger partial charge in [0.1, 0.15) is 0 Å². The molecule has 1 atom stereocenters. The highest BCUT2D eigenvalue weighted by atomic mass is 16.2. The number of piperazine rings is 1. The van der Waals surface area contributed by atoms with E-state index in [2.05, 4.69) is 9.58 Å². The van der Waals surface area contributed by atoms with Crippen molar-refractivity contribution < 1.29 is 9.59 Å². The van der Waals surface area contributed by atoms with Gasteiger partial charge in [-0.15, -0.1) is 0 Å². The summed E-state index contributed by atoms with van der Waals surface area (Å²) in [5.74, 6) is 0.722. The fourth-order valence-corrected chi connectivity index (χ4v) is 5.34. The third kappa shape index (κ3) is 4.34. The SMILES string of the molecule is CN(C)C(=O)c1nn(CC2CCCCC2)c2c1C[C@H](N1CCN(C=O)CC1)CC2. The van der Waals surface area contributed by atoms with E-state index < -0.39 is 0 Å². The van der Waals surface area contributed by atoms with Gasteiger partial charge in [0.15, 0.2) is 5.69 Å². The topological polar surface area (TPSA) is 61.7 Å². The van der Waals surface area contributed by atoms with Gasteiger partial charge in [-0.2, -0.15) is 5.10 Å². The molecule has 3 aliphatic rings. The van der Waals surface area contributed by atoms with Crippen LogP contribution in [0.4, 0.5) is 0 Å². The van der Waals surface area contributed by atoms with Crippen LogP contribution in [0.25, 0.3) is 0 Å². The summed E-state index contributed by atoms with van der Waals surface area (Å²) in [7, 11) is 3.63. The Labute approximate surface area is 174 Å². The lowest BCUT2D eigenvalue weighted by atomic mass is 9.88. The molecule has 160 valence electrons. The Morgan fingerprint density at radius 1 is 1.10 bits per heavy atom. The van der Waals surface area contributed by atoms with E-state index in [9.17, 15) is 9.59 Å². The molecule has 1 saturated heterocycles. The van der Waals surface area contributed by atoms with Gasteiger partial charge in [-0.3, -0.25) is 19.2 Å². The highest BCUT2D eigenvalue weighted by molar-refractivity contribution is 5.93. The number of hydrogen-bond acceptors (Lipinski definition) is 4. The molecule has 7 nitrogen and oxygen atoms in total. The van der Waals surface area contributed by atoms with Gasteiger partial charge in [-0.25, -0.2) is 0 Å². The molecule has 0 bridgehead atoms. The van der Waals surface area contributed by atoms with Gasteiger partial charge in [0.05, 0.1) is 0 Å². The van der Waals surface area contributed by atoms with E-state index >= 15 is 0 Å². The Hall–Kier alpha value is -1.89. The van der Waals surface area contributed by atoms with Crippen molar-refractivity contribution in [1.29, 1.82) is 0 Å². The van der Waals surface area contributed by atoms with Gasteiger partial charge in [0.2, 0.25) is 6.41 Å². The molecule has 2 aliphatic carbocycles. The second-order valence-electron chi connectivity index (χ2n) is 9.23. The van der Waals surface area contributed by atoms with E-state index in [4.69, 9.17) is 5.10 Å². The molecule has 29 heavy (non-hydrogen) atoms. The second-order valence-corrected chi connectivity index (χ2v) is 9.23. The largest absolute Gasteiger partial charge is 0.343 e. The van der Waals surface area contributed by atoms with Crippen LogP contribution in [-0.2, 0) is 24.2 Å². The first-order valence-corrected chi connectivity index (χ1v) is 11.3. The highest BCUT2D eigenvalue weighted by Gasteiger charge is 2.33. The number of carbonyl (C=O) groups excluding carboxylic acids is 2. The number of carbonyl (C=O) groups is 2. The average Bonchev–Trinajstić information content (AvgIpc) is 3.11. The van der Waals surface area contributed by atoms with Crippen molar-refractivity contribution in [2.75, 3.05) is 40.3 Å². The van der Waals surface area contributed by atoms with Crippen LogP contribution in [0.1, 0.15) is 60.3 Å². The molecular formula is C22H35N5O2. The Balaban J connectivity index is 1.54. The van der Waals surface area contributed by atoms with Gasteiger partial charge in [-0.05, 0) is 38.0 Å². The number of fused-ring (bicyclic) bond motifs is 1. The van der Waals surface area contributed by atoms with Crippen LogP contribution in [0.5, 0.6) is 0 Å². The minimum absolute atomic E-state index is 0.0232. The Morgan fingerprint density at radius 3 is 2.48 bits per heavy atom. The van der Waals surface area contributed by atoms with Gasteiger partial charge in [0, 0.05) is 64.1 Å². The minimum atomic E-state index is 0.0232. The second kappa shape index (κ2) is 8.86. The van der Waals surface area contributed by atoms with E-state index in [0.29, 0.717) is 17.7 Å². The van der Waals surface area contributed by atoms with Crippen molar-refractivity contribution in [2.24, 2.45) is 5.92 Å². The van der Waals surface area contributed by atoms with Crippen LogP contribution in [-0.4, -0.2) is 83.1 Å². The zero-order chi connectivity index (χ0) is 20.4. The van der Waals surface area contributed by atoms with E-state index in [0.717, 1.165) is 58.4 Å². The lowest BCUT2D eigenvalue weighted by Crippen LogP contribution is -2.51. The standard InChI is InChI=1S/C22H35N5O2/c1-24(2)22(29)21-19-14-18(26-12-10-25(16-28)11-13-26)8-9-20(19)27(23-21)15-17-6-4-3-5-7-17/h16-18H,3-15H2,1-2H3/t18-/m1/s1. The summed E-state index contributed by atoms with van der Waals surface area (Å²) >= 11 is 0. The molecule has 2 fully saturated rings. The summed E-state index contributed by atoms with van der Waals surface area (Å²) in [6.07, 6.45) is 10.5. The molecular weight excluding hydrogens is 366 g/mol. The van der Waals surface area contributed by atoms with Gasteiger partial charge in [-0.1, -0.05) is 19.3 Å². The maximum absolute atomic E-state index is 12.9. The third-order valence-electron chi connectivity index (χ3n) is 7.10. The van der Waals surface area contributed by atoms with Gasteiger partial charge < -0.3 is 9.80 Å². The van der Waals surface area contributed by atoms with Gasteiger partial charge in [0.25, 0.3) is 5.91 Å². The van der Waals surface area contributed by atoms with E-state index in [1.807, 2.05) is 19.0 Å². The number of hydrogen-bond donors (Lipinski definition) is 0. The molecule has 2 heterocycles. The Morgan fingerprint density at radius 2 is 1.83 bits per heavy atom. The predicted octanol–water partition coefficient (Wildman–Crippen LogP) is 1.80. The van der Waals surface area contributed by atoms with E-state index in [1.54, 1.807) is 4.90 Å². The molecule has 1 aromatic rings. The molecule has 0 spiro atoms. The molecule has 1 aliphatic heterocycles.